The van der Waals surface area contributed by atoms with E-state index in [9.17, 15) is 32.4 Å². The van der Waals surface area contributed by atoms with Crippen LogP contribution in [0.25, 0.3) is 10.8 Å². The number of ether oxygens (including phenoxy) is 2. The van der Waals surface area contributed by atoms with Crippen LogP contribution in [-0.4, -0.2) is 77.2 Å². The monoisotopic (exact) mass is 804 g/mol. The van der Waals surface area contributed by atoms with Crippen molar-refractivity contribution in [3.05, 3.63) is 53.3 Å². The predicted octanol–water partition coefficient (Wildman–Crippen LogP) is 4.89. The number of sulfonamides is 1. The average molecular weight is 805 g/mol. The SMILES string of the molecule is C=C[C@H]1C[C@]1(NC(=O)[C@@H]1C[C@@H]2CN1C(=O)[C@H](C1CCCC1)CC(=O)O[C@@H]1CCC[C@H]1CCCCCCn1c(cc3ccccc3c1=O)O2)C(=O)NS(=O)(=O)C1CC1. The summed E-state index contributed by atoms with van der Waals surface area (Å²) in [7, 11) is -3.90. The molecule has 3 amide bonds. The van der Waals surface area contributed by atoms with Gasteiger partial charge < -0.3 is 19.7 Å². The minimum absolute atomic E-state index is 0.0149. The van der Waals surface area contributed by atoms with Crippen LogP contribution in [0.2, 0.25) is 0 Å². The Hall–Kier alpha value is -4.20. The van der Waals surface area contributed by atoms with E-state index in [1.807, 2.05) is 24.3 Å². The first kappa shape index (κ1) is 39.6. The molecule has 2 aromatic rings. The molecule has 2 bridgehead atoms. The molecule has 1 aromatic heterocycles. The number of benzene rings is 1. The molecule has 0 radical (unpaired) electrons. The Morgan fingerprint density at radius 1 is 0.877 bits per heavy atom. The van der Waals surface area contributed by atoms with E-state index >= 15 is 0 Å². The van der Waals surface area contributed by atoms with Crippen LogP contribution in [-0.2, 0) is 40.5 Å². The van der Waals surface area contributed by atoms with Gasteiger partial charge in [0.15, 0.2) is 5.88 Å². The minimum atomic E-state index is -3.90. The highest BCUT2D eigenvalue weighted by molar-refractivity contribution is 7.91. The molecule has 2 N–H and O–H groups in total. The fourth-order valence-corrected chi connectivity index (χ4v) is 11.5. The molecule has 4 saturated carbocycles. The van der Waals surface area contributed by atoms with Crippen LogP contribution in [0.1, 0.15) is 109 Å². The lowest BCUT2D eigenvalue weighted by Gasteiger charge is -2.32. The van der Waals surface area contributed by atoms with Crippen molar-refractivity contribution >= 4 is 44.5 Å². The number of amides is 3. The smallest absolute Gasteiger partial charge is 0.306 e. The molecule has 7 atom stereocenters. The van der Waals surface area contributed by atoms with Crippen molar-refractivity contribution in [3.8, 4) is 5.88 Å². The fraction of sp³-hybridized carbons (Fsp3) is 0.651. The van der Waals surface area contributed by atoms with Gasteiger partial charge in [-0.3, -0.25) is 33.3 Å². The second kappa shape index (κ2) is 16.2. The molecule has 6 aliphatic rings. The standard InChI is InChI=1S/C43H56N4O9S/c1-2-30-25-43(30,42(52)45-57(53,54)32-19-20-32)44-39(49)35-23-31-26-47(35)41(51)34(27-12-6-7-13-27)24-38(48)56-36-18-11-16-28(36)14-5-3-4-10-21-46-37(55-31)22-29-15-8-9-17-33(29)40(46)50/h2,8-9,15,17,22,27-28,30-32,34-36H,1,3-7,10-14,16,18-21,23-26H2,(H,44,49)(H,45,52)/t28-,30+,31-,34+,35+,36-,43-/m1/s1. The lowest BCUT2D eigenvalue weighted by molar-refractivity contribution is -0.156. The second-order valence-corrected chi connectivity index (χ2v) is 19.4. The van der Waals surface area contributed by atoms with Crippen LogP contribution in [0.5, 0.6) is 5.88 Å². The van der Waals surface area contributed by atoms with E-state index in [1.165, 1.54) is 11.0 Å². The van der Waals surface area contributed by atoms with Crippen molar-refractivity contribution in [2.45, 2.75) is 145 Å². The molecular weight excluding hydrogens is 749 g/mol. The summed E-state index contributed by atoms with van der Waals surface area (Å²) in [6.07, 6.45) is 12.6. The third-order valence-corrected chi connectivity index (χ3v) is 15.4. The van der Waals surface area contributed by atoms with E-state index in [0.29, 0.717) is 30.7 Å². The van der Waals surface area contributed by atoms with Gasteiger partial charge in [-0.1, -0.05) is 56.4 Å². The lowest BCUT2D eigenvalue weighted by atomic mass is 9.86. The average Bonchev–Trinajstić information content (AvgIpc) is 3.98. The maximum atomic E-state index is 14.9. The number of esters is 1. The van der Waals surface area contributed by atoms with Crippen LogP contribution in [0.3, 0.4) is 0 Å². The highest BCUT2D eigenvalue weighted by Crippen LogP contribution is 2.46. The lowest BCUT2D eigenvalue weighted by Crippen LogP contribution is -2.57. The summed E-state index contributed by atoms with van der Waals surface area (Å²) >= 11 is 0. The molecular formula is C43H56N4O9S. The van der Waals surface area contributed by atoms with Crippen LogP contribution < -0.4 is 20.3 Å². The van der Waals surface area contributed by atoms with E-state index < -0.39 is 56.6 Å². The molecule has 1 aromatic carbocycles. The highest BCUT2D eigenvalue weighted by atomic mass is 32.2. The Kier molecular flexibility index (Phi) is 11.3. The quantitative estimate of drug-likeness (QED) is 0.292. The van der Waals surface area contributed by atoms with Crippen molar-refractivity contribution in [3.63, 3.8) is 0 Å². The van der Waals surface area contributed by atoms with Crippen molar-refractivity contribution in [1.82, 2.24) is 19.5 Å². The van der Waals surface area contributed by atoms with Crippen molar-refractivity contribution in [1.29, 1.82) is 0 Å². The molecule has 8 rings (SSSR count). The van der Waals surface area contributed by atoms with Crippen LogP contribution >= 0.6 is 0 Å². The summed E-state index contributed by atoms with van der Waals surface area (Å²) in [4.78, 5) is 72.3. The summed E-state index contributed by atoms with van der Waals surface area (Å²) in [5.74, 6) is -2.81. The summed E-state index contributed by atoms with van der Waals surface area (Å²) in [6.45, 7) is 4.27. The van der Waals surface area contributed by atoms with E-state index in [0.717, 1.165) is 82.4 Å². The number of rotatable bonds is 7. The van der Waals surface area contributed by atoms with Gasteiger partial charge in [0.1, 0.15) is 23.8 Å². The molecule has 2 aliphatic heterocycles. The van der Waals surface area contributed by atoms with Gasteiger partial charge in [-0.25, -0.2) is 8.42 Å². The van der Waals surface area contributed by atoms with Gasteiger partial charge in [0, 0.05) is 30.3 Å². The minimum Gasteiger partial charge on any atom is -0.473 e. The molecule has 57 heavy (non-hydrogen) atoms. The van der Waals surface area contributed by atoms with Gasteiger partial charge in [0.05, 0.1) is 24.1 Å². The molecule has 3 heterocycles. The van der Waals surface area contributed by atoms with E-state index in [4.69, 9.17) is 9.47 Å². The van der Waals surface area contributed by atoms with Gasteiger partial charge in [0.25, 0.3) is 11.5 Å². The number of aromatic nitrogens is 1. The van der Waals surface area contributed by atoms with Gasteiger partial charge in [-0.15, -0.1) is 6.58 Å². The number of fused-ring (bicyclic) bond motifs is 5. The number of hydrogen-bond donors (Lipinski definition) is 2. The zero-order valence-electron chi connectivity index (χ0n) is 32.7. The van der Waals surface area contributed by atoms with Crippen molar-refractivity contribution in [2.24, 2.45) is 23.7 Å². The molecule has 14 heteroatoms. The Bertz CT molecular complexity index is 2070. The first-order valence-corrected chi connectivity index (χ1v) is 22.8. The zero-order chi connectivity index (χ0) is 39.9. The number of pyridine rings is 1. The topological polar surface area (TPSA) is 170 Å². The first-order valence-electron chi connectivity index (χ1n) is 21.3. The van der Waals surface area contributed by atoms with Crippen molar-refractivity contribution < 1.29 is 37.1 Å². The Morgan fingerprint density at radius 2 is 1.60 bits per heavy atom. The van der Waals surface area contributed by atoms with E-state index in [-0.39, 0.29) is 61.2 Å². The summed E-state index contributed by atoms with van der Waals surface area (Å²) in [6, 6.07) is 8.10. The predicted molar refractivity (Wildman–Crippen MR) is 212 cm³/mol. The van der Waals surface area contributed by atoms with E-state index in [1.54, 1.807) is 10.6 Å². The van der Waals surface area contributed by atoms with Crippen LogP contribution in [0.15, 0.2) is 47.8 Å². The molecule has 308 valence electrons. The van der Waals surface area contributed by atoms with Gasteiger partial charge >= 0.3 is 5.97 Å². The first-order chi connectivity index (χ1) is 27.5. The second-order valence-electron chi connectivity index (χ2n) is 17.5. The Morgan fingerprint density at radius 3 is 2.35 bits per heavy atom. The molecule has 5 fully saturated rings. The largest absolute Gasteiger partial charge is 0.473 e. The van der Waals surface area contributed by atoms with Gasteiger partial charge in [-0.2, -0.15) is 0 Å². The maximum Gasteiger partial charge on any atom is 0.306 e. The molecule has 0 spiro atoms. The van der Waals surface area contributed by atoms with Crippen molar-refractivity contribution in [2.75, 3.05) is 6.54 Å². The molecule has 4 aliphatic carbocycles. The van der Waals surface area contributed by atoms with E-state index in [2.05, 4.69) is 16.6 Å². The summed E-state index contributed by atoms with van der Waals surface area (Å²) in [5, 5.41) is 3.53. The number of hydrogen-bond acceptors (Lipinski definition) is 9. The summed E-state index contributed by atoms with van der Waals surface area (Å²) in [5.41, 5.74) is -1.71. The third-order valence-electron chi connectivity index (χ3n) is 13.6. The van der Waals surface area contributed by atoms with Crippen LogP contribution in [0.4, 0.5) is 0 Å². The van der Waals surface area contributed by atoms with Gasteiger partial charge in [-0.05, 0) is 87.5 Å². The number of carbonyl (C=O) groups excluding carboxylic acids is 4. The molecule has 0 unspecified atom stereocenters. The molecule has 1 saturated heterocycles. The number of carbonyl (C=O) groups is 4. The number of nitrogens with one attached hydrogen (secondary N) is 2. The normalized spacial score (nSPS) is 31.5. The fourth-order valence-electron chi connectivity index (χ4n) is 10.1. The third kappa shape index (κ3) is 8.25. The Balaban J connectivity index is 1.13. The molecule has 13 nitrogen and oxygen atoms in total. The Labute approximate surface area is 334 Å². The van der Waals surface area contributed by atoms with Gasteiger partial charge in [0.2, 0.25) is 21.8 Å². The maximum absolute atomic E-state index is 14.9. The van der Waals surface area contributed by atoms with Crippen LogP contribution in [0, 0.1) is 23.7 Å². The summed E-state index contributed by atoms with van der Waals surface area (Å²) < 4.78 is 42.3. The highest BCUT2D eigenvalue weighted by Gasteiger charge is 2.62. The number of nitrogens with zero attached hydrogens (tertiary/aromatic N) is 2. The zero-order valence-corrected chi connectivity index (χ0v) is 33.5.